The molecule has 1 saturated heterocycles. The molecule has 4 rings (SSSR count). The number of nitrogens with one attached hydrogen (secondary N) is 1. The lowest BCUT2D eigenvalue weighted by atomic mass is 10.1. The average molecular weight is 424 g/mol. The van der Waals surface area contributed by atoms with E-state index in [2.05, 4.69) is 15.3 Å². The topological polar surface area (TPSA) is 84.4 Å². The summed E-state index contributed by atoms with van der Waals surface area (Å²) in [4.78, 5) is 35.3. The van der Waals surface area contributed by atoms with Crippen molar-refractivity contribution < 1.29 is 23.1 Å². The molecule has 31 heavy (non-hydrogen) atoms. The first kappa shape index (κ1) is 20.5. The quantitative estimate of drug-likeness (QED) is 0.696. The van der Waals surface area contributed by atoms with E-state index in [1.54, 1.807) is 4.90 Å². The van der Waals surface area contributed by atoms with Crippen molar-refractivity contribution in [1.82, 2.24) is 14.9 Å². The van der Waals surface area contributed by atoms with Crippen molar-refractivity contribution in [2.45, 2.75) is 0 Å². The fourth-order valence-corrected chi connectivity index (χ4v) is 3.25. The lowest BCUT2D eigenvalue weighted by Crippen LogP contribution is -2.41. The molecule has 2 amide bonds. The molecular weight excluding hydrogens is 406 g/mol. The minimum absolute atomic E-state index is 0.0148. The Morgan fingerprint density at radius 1 is 1.00 bits per heavy atom. The molecule has 7 nitrogen and oxygen atoms in total. The number of carbonyl (C=O) groups is 2. The monoisotopic (exact) mass is 424 g/mol. The van der Waals surface area contributed by atoms with Crippen LogP contribution in [0.15, 0.2) is 54.9 Å². The Bertz CT molecular complexity index is 1110. The second-order valence-electron chi connectivity index (χ2n) is 6.78. The van der Waals surface area contributed by atoms with Crippen LogP contribution in [0.4, 0.5) is 14.5 Å². The zero-order valence-corrected chi connectivity index (χ0v) is 16.3. The van der Waals surface area contributed by atoms with Gasteiger partial charge in [0, 0.05) is 19.3 Å². The van der Waals surface area contributed by atoms with Crippen molar-refractivity contribution in [2.24, 2.45) is 0 Å². The molecule has 1 fully saturated rings. The first-order chi connectivity index (χ1) is 15.0. The number of hydrogen-bond acceptors (Lipinski definition) is 5. The lowest BCUT2D eigenvalue weighted by Gasteiger charge is -2.27. The van der Waals surface area contributed by atoms with Gasteiger partial charge in [0.1, 0.15) is 17.3 Å². The standard InChI is InChI=1S/C22H18F2N4O3/c23-15-3-1-4-16(24)20(15)17-5-2-6-18(26-17)21(29)27-19-13-25-8-7-14(19)22(30)28-9-11-31-12-10-28/h1-8,13H,9-12H2,(H,27,29). The Balaban J connectivity index is 1.59. The van der Waals surface area contributed by atoms with Gasteiger partial charge < -0.3 is 15.0 Å². The predicted molar refractivity (Wildman–Crippen MR) is 109 cm³/mol. The van der Waals surface area contributed by atoms with Crippen LogP contribution in [0.3, 0.4) is 0 Å². The number of morpholine rings is 1. The number of hydrogen-bond donors (Lipinski definition) is 1. The van der Waals surface area contributed by atoms with Crippen LogP contribution in [0.2, 0.25) is 0 Å². The van der Waals surface area contributed by atoms with E-state index in [0.717, 1.165) is 12.1 Å². The Hall–Kier alpha value is -3.72. The van der Waals surface area contributed by atoms with E-state index < -0.39 is 17.5 Å². The fraction of sp³-hybridized carbons (Fsp3) is 0.182. The van der Waals surface area contributed by atoms with E-state index in [9.17, 15) is 18.4 Å². The van der Waals surface area contributed by atoms with Crippen LogP contribution in [0, 0.1) is 11.6 Å². The molecule has 0 aliphatic carbocycles. The van der Waals surface area contributed by atoms with E-state index in [4.69, 9.17) is 4.74 Å². The van der Waals surface area contributed by atoms with Crippen LogP contribution in [0.1, 0.15) is 20.8 Å². The van der Waals surface area contributed by atoms with Gasteiger partial charge in [0.05, 0.1) is 41.9 Å². The molecule has 1 aliphatic rings. The van der Waals surface area contributed by atoms with E-state index in [1.165, 1.54) is 42.7 Å². The smallest absolute Gasteiger partial charge is 0.274 e. The lowest BCUT2D eigenvalue weighted by molar-refractivity contribution is 0.0303. The average Bonchev–Trinajstić information content (AvgIpc) is 2.80. The minimum atomic E-state index is -0.782. The Morgan fingerprint density at radius 2 is 1.71 bits per heavy atom. The van der Waals surface area contributed by atoms with Crippen molar-refractivity contribution in [3.05, 3.63) is 77.8 Å². The molecule has 0 bridgehead atoms. The van der Waals surface area contributed by atoms with Crippen LogP contribution in [-0.2, 0) is 4.74 Å². The van der Waals surface area contributed by atoms with Crippen LogP contribution in [0.5, 0.6) is 0 Å². The number of nitrogens with zero attached hydrogens (tertiary/aromatic N) is 3. The van der Waals surface area contributed by atoms with Crippen LogP contribution in [-0.4, -0.2) is 53.0 Å². The van der Waals surface area contributed by atoms with Crippen molar-refractivity contribution in [3.63, 3.8) is 0 Å². The highest BCUT2D eigenvalue weighted by molar-refractivity contribution is 6.08. The van der Waals surface area contributed by atoms with Crippen LogP contribution in [0.25, 0.3) is 11.3 Å². The maximum atomic E-state index is 14.1. The zero-order chi connectivity index (χ0) is 21.8. The first-order valence-electron chi connectivity index (χ1n) is 9.58. The third-order valence-corrected chi connectivity index (χ3v) is 4.80. The summed E-state index contributed by atoms with van der Waals surface area (Å²) in [6, 6.07) is 9.31. The maximum Gasteiger partial charge on any atom is 0.274 e. The summed E-state index contributed by atoms with van der Waals surface area (Å²) in [5, 5.41) is 2.62. The largest absolute Gasteiger partial charge is 0.378 e. The van der Waals surface area contributed by atoms with Crippen LogP contribution < -0.4 is 5.32 Å². The van der Waals surface area contributed by atoms with E-state index in [-0.39, 0.29) is 34.1 Å². The molecule has 158 valence electrons. The van der Waals surface area contributed by atoms with Gasteiger partial charge in [0.15, 0.2) is 0 Å². The van der Waals surface area contributed by atoms with Crippen molar-refractivity contribution in [3.8, 4) is 11.3 Å². The van der Waals surface area contributed by atoms with Gasteiger partial charge in [-0.15, -0.1) is 0 Å². The molecule has 0 atom stereocenters. The molecule has 1 N–H and O–H groups in total. The second kappa shape index (κ2) is 8.97. The van der Waals surface area contributed by atoms with Gasteiger partial charge in [-0.1, -0.05) is 12.1 Å². The van der Waals surface area contributed by atoms with Gasteiger partial charge in [-0.25, -0.2) is 13.8 Å². The Morgan fingerprint density at radius 3 is 2.45 bits per heavy atom. The highest BCUT2D eigenvalue weighted by atomic mass is 19.1. The summed E-state index contributed by atoms with van der Waals surface area (Å²) in [6.45, 7) is 1.79. The molecule has 1 aromatic carbocycles. The third kappa shape index (κ3) is 4.41. The summed E-state index contributed by atoms with van der Waals surface area (Å²) in [7, 11) is 0. The maximum absolute atomic E-state index is 14.1. The zero-order valence-electron chi connectivity index (χ0n) is 16.3. The number of anilines is 1. The number of ether oxygens (including phenoxy) is 1. The van der Waals surface area contributed by atoms with E-state index in [1.807, 2.05) is 0 Å². The van der Waals surface area contributed by atoms with E-state index in [0.29, 0.717) is 26.3 Å². The summed E-state index contributed by atoms with van der Waals surface area (Å²) in [5.74, 6) is -2.45. The van der Waals surface area contributed by atoms with Gasteiger partial charge in [-0.2, -0.15) is 0 Å². The van der Waals surface area contributed by atoms with Gasteiger partial charge in [-0.05, 0) is 30.3 Å². The number of benzene rings is 1. The summed E-state index contributed by atoms with van der Waals surface area (Å²) >= 11 is 0. The van der Waals surface area contributed by atoms with Crippen molar-refractivity contribution in [2.75, 3.05) is 31.6 Å². The van der Waals surface area contributed by atoms with Gasteiger partial charge in [-0.3, -0.25) is 14.6 Å². The van der Waals surface area contributed by atoms with Crippen molar-refractivity contribution in [1.29, 1.82) is 0 Å². The SMILES string of the molecule is O=C(Nc1cnccc1C(=O)N1CCOCC1)c1cccc(-c2c(F)cccc2F)n1. The predicted octanol–water partition coefficient (Wildman–Crippen LogP) is 3.15. The van der Waals surface area contributed by atoms with Crippen LogP contribution >= 0.6 is 0 Å². The molecule has 0 saturated carbocycles. The second-order valence-corrected chi connectivity index (χ2v) is 6.78. The Kier molecular flexibility index (Phi) is 5.94. The highest BCUT2D eigenvalue weighted by Crippen LogP contribution is 2.25. The van der Waals surface area contributed by atoms with Gasteiger partial charge >= 0.3 is 0 Å². The molecule has 0 spiro atoms. The minimum Gasteiger partial charge on any atom is -0.378 e. The molecule has 9 heteroatoms. The van der Waals surface area contributed by atoms with Gasteiger partial charge in [0.2, 0.25) is 0 Å². The molecule has 0 radical (unpaired) electrons. The molecule has 2 aromatic heterocycles. The van der Waals surface area contributed by atoms with Gasteiger partial charge in [0.25, 0.3) is 11.8 Å². The van der Waals surface area contributed by atoms with Crippen molar-refractivity contribution >= 4 is 17.5 Å². The Labute approximate surface area is 176 Å². The molecule has 1 aliphatic heterocycles. The third-order valence-electron chi connectivity index (χ3n) is 4.80. The molecular formula is C22H18F2N4O3. The summed E-state index contributed by atoms with van der Waals surface area (Å²) in [5.41, 5.74) is 0.101. The normalized spacial score (nSPS) is 13.7. The molecule has 3 aromatic rings. The fourth-order valence-electron chi connectivity index (χ4n) is 3.25. The number of aromatic nitrogens is 2. The summed E-state index contributed by atoms with van der Waals surface area (Å²) in [6.07, 6.45) is 2.83. The molecule has 3 heterocycles. The number of rotatable bonds is 4. The molecule has 0 unspecified atom stereocenters. The highest BCUT2D eigenvalue weighted by Gasteiger charge is 2.22. The number of carbonyl (C=O) groups excluding carboxylic acids is 2. The summed E-state index contributed by atoms with van der Waals surface area (Å²) < 4.78 is 33.5. The number of pyridine rings is 2. The number of amides is 2. The van der Waals surface area contributed by atoms with E-state index >= 15 is 0 Å². The number of halogens is 2. The first-order valence-corrected chi connectivity index (χ1v) is 9.58.